The van der Waals surface area contributed by atoms with Gasteiger partial charge in [-0.15, -0.1) is 0 Å². The quantitative estimate of drug-likeness (QED) is 0.571. The molecular formula is C28H37N3O2. The van der Waals surface area contributed by atoms with Crippen LogP contribution in [0.4, 0.5) is 0 Å². The van der Waals surface area contributed by atoms with Crippen molar-refractivity contribution < 1.29 is 4.74 Å². The highest BCUT2D eigenvalue weighted by Crippen LogP contribution is 2.49. The third-order valence-corrected chi connectivity index (χ3v) is 8.09. The summed E-state index contributed by atoms with van der Waals surface area (Å²) in [6.07, 6.45) is 3.90. The van der Waals surface area contributed by atoms with Gasteiger partial charge in [-0.2, -0.15) is 0 Å². The summed E-state index contributed by atoms with van der Waals surface area (Å²) >= 11 is 0. The average molecular weight is 448 g/mol. The summed E-state index contributed by atoms with van der Waals surface area (Å²) in [6.45, 7) is 8.69. The smallest absolute Gasteiger partial charge is 0.328 e. The molecule has 0 saturated carbocycles. The molecule has 33 heavy (non-hydrogen) atoms. The highest BCUT2D eigenvalue weighted by Gasteiger charge is 2.45. The maximum absolute atomic E-state index is 12.3. The minimum atomic E-state index is 0.0335. The van der Waals surface area contributed by atoms with Gasteiger partial charge in [0.1, 0.15) is 0 Å². The third kappa shape index (κ3) is 4.17. The highest BCUT2D eigenvalue weighted by atomic mass is 16.5. The van der Waals surface area contributed by atoms with Gasteiger partial charge in [-0.1, -0.05) is 50.2 Å². The first-order valence-corrected chi connectivity index (χ1v) is 12.4. The number of piperidine rings is 1. The van der Waals surface area contributed by atoms with Crippen LogP contribution in [0.5, 0.6) is 0 Å². The van der Waals surface area contributed by atoms with Gasteiger partial charge < -0.3 is 4.74 Å². The van der Waals surface area contributed by atoms with Crippen molar-refractivity contribution >= 4 is 11.0 Å². The van der Waals surface area contributed by atoms with E-state index < -0.39 is 0 Å². The standard InChI is InChI=1S/C28H37N3O2/c1-20(2)23-16-28(19-33-26(23)22-9-6-5-7-10-22)13-8-14-31(18-28)17-21-11-12-24-25(15-21)30(4)27(32)29(24)3/h5-7,9-12,15,20,23,26H,8,13-14,16-19H2,1-4H3/t23-,26-,28+/m0/s1. The number of aromatic nitrogens is 2. The second kappa shape index (κ2) is 8.77. The zero-order valence-corrected chi connectivity index (χ0v) is 20.5. The van der Waals surface area contributed by atoms with Gasteiger partial charge in [0.2, 0.25) is 0 Å². The third-order valence-electron chi connectivity index (χ3n) is 8.09. The molecule has 0 amide bonds. The maximum Gasteiger partial charge on any atom is 0.328 e. The lowest BCUT2D eigenvalue weighted by molar-refractivity contribution is -0.135. The zero-order valence-electron chi connectivity index (χ0n) is 20.5. The van der Waals surface area contributed by atoms with Crippen LogP contribution in [0.15, 0.2) is 53.3 Å². The lowest BCUT2D eigenvalue weighted by Gasteiger charge is -2.50. The van der Waals surface area contributed by atoms with E-state index in [2.05, 4.69) is 67.3 Å². The summed E-state index contributed by atoms with van der Waals surface area (Å²) in [7, 11) is 3.70. The number of likely N-dealkylation sites (tertiary alicyclic amines) is 1. The molecule has 176 valence electrons. The molecule has 2 aliphatic heterocycles. The topological polar surface area (TPSA) is 39.4 Å². The summed E-state index contributed by atoms with van der Waals surface area (Å²) in [5.74, 6) is 1.13. The predicted molar refractivity (Wildman–Crippen MR) is 133 cm³/mol. The molecule has 2 aromatic carbocycles. The van der Waals surface area contributed by atoms with Crippen molar-refractivity contribution in [2.75, 3.05) is 19.7 Å². The molecule has 3 heterocycles. The van der Waals surface area contributed by atoms with E-state index in [1.165, 1.54) is 30.4 Å². The number of nitrogens with zero attached hydrogens (tertiary/aromatic N) is 3. The summed E-state index contributed by atoms with van der Waals surface area (Å²) < 4.78 is 10.1. The Morgan fingerprint density at radius 1 is 1.06 bits per heavy atom. The van der Waals surface area contributed by atoms with Crippen LogP contribution in [0.3, 0.4) is 0 Å². The minimum absolute atomic E-state index is 0.0335. The fourth-order valence-electron chi connectivity index (χ4n) is 6.27. The first-order chi connectivity index (χ1) is 15.9. The molecule has 5 heteroatoms. The molecule has 0 radical (unpaired) electrons. The van der Waals surface area contributed by atoms with E-state index in [4.69, 9.17) is 4.74 Å². The van der Waals surface area contributed by atoms with E-state index in [1.54, 1.807) is 9.13 Å². The molecule has 5 nitrogen and oxygen atoms in total. The molecule has 2 fully saturated rings. The molecule has 3 aromatic rings. The maximum atomic E-state index is 12.3. The Morgan fingerprint density at radius 2 is 1.82 bits per heavy atom. The molecule has 2 saturated heterocycles. The van der Waals surface area contributed by atoms with Crippen molar-refractivity contribution in [3.05, 3.63) is 70.1 Å². The summed E-state index contributed by atoms with van der Waals surface area (Å²) in [5.41, 5.74) is 4.88. The highest BCUT2D eigenvalue weighted by molar-refractivity contribution is 5.76. The van der Waals surface area contributed by atoms with E-state index in [0.29, 0.717) is 11.8 Å². The van der Waals surface area contributed by atoms with Gasteiger partial charge in [0.25, 0.3) is 0 Å². The van der Waals surface area contributed by atoms with Crippen LogP contribution in [-0.2, 0) is 25.4 Å². The number of imidazole rings is 1. The fourth-order valence-corrected chi connectivity index (χ4v) is 6.27. The van der Waals surface area contributed by atoms with Gasteiger partial charge in [-0.05, 0) is 60.9 Å². The Bertz CT molecular complexity index is 1180. The molecule has 1 spiro atoms. The van der Waals surface area contributed by atoms with Crippen LogP contribution in [0.25, 0.3) is 11.0 Å². The Balaban J connectivity index is 1.34. The Kier molecular flexibility index (Phi) is 5.96. The van der Waals surface area contributed by atoms with Crippen LogP contribution < -0.4 is 5.69 Å². The number of hydrogen-bond donors (Lipinski definition) is 0. The molecule has 0 N–H and O–H groups in total. The minimum Gasteiger partial charge on any atom is -0.373 e. The van der Waals surface area contributed by atoms with Crippen LogP contribution in [0.2, 0.25) is 0 Å². The normalized spacial score (nSPS) is 26.5. The number of hydrogen-bond acceptors (Lipinski definition) is 3. The van der Waals surface area contributed by atoms with Crippen LogP contribution in [0, 0.1) is 17.3 Å². The van der Waals surface area contributed by atoms with Crippen molar-refractivity contribution in [2.24, 2.45) is 31.3 Å². The van der Waals surface area contributed by atoms with E-state index in [1.807, 2.05) is 14.1 Å². The van der Waals surface area contributed by atoms with E-state index >= 15 is 0 Å². The molecule has 3 atom stereocenters. The monoisotopic (exact) mass is 447 g/mol. The van der Waals surface area contributed by atoms with Crippen molar-refractivity contribution in [3.63, 3.8) is 0 Å². The molecule has 5 rings (SSSR count). The van der Waals surface area contributed by atoms with Crippen LogP contribution >= 0.6 is 0 Å². The SMILES string of the molecule is CC(C)[C@@H]1C[C@@]2(CCCN(Cc3ccc4c(c3)n(C)c(=O)n4C)C2)CO[C@H]1c1ccccc1. The Morgan fingerprint density at radius 3 is 2.58 bits per heavy atom. The molecule has 0 bridgehead atoms. The lowest BCUT2D eigenvalue weighted by Crippen LogP contribution is -2.50. The van der Waals surface area contributed by atoms with E-state index in [0.717, 1.165) is 37.3 Å². The zero-order chi connectivity index (χ0) is 23.2. The number of rotatable bonds is 4. The van der Waals surface area contributed by atoms with Crippen molar-refractivity contribution in [1.29, 1.82) is 0 Å². The summed E-state index contributed by atoms with van der Waals surface area (Å²) in [5, 5.41) is 0. The molecule has 0 unspecified atom stereocenters. The molecule has 0 aliphatic carbocycles. The fraction of sp³-hybridized carbons (Fsp3) is 0.536. The van der Waals surface area contributed by atoms with E-state index in [-0.39, 0.29) is 17.2 Å². The van der Waals surface area contributed by atoms with Gasteiger partial charge in [-0.25, -0.2) is 4.79 Å². The average Bonchev–Trinajstić information content (AvgIpc) is 3.03. The molecule has 1 aromatic heterocycles. The van der Waals surface area contributed by atoms with Gasteiger partial charge in [0.15, 0.2) is 0 Å². The van der Waals surface area contributed by atoms with Gasteiger partial charge in [0.05, 0.1) is 23.7 Å². The van der Waals surface area contributed by atoms with Gasteiger partial charge in [-0.3, -0.25) is 14.0 Å². The Labute approximate surface area is 197 Å². The van der Waals surface area contributed by atoms with Gasteiger partial charge >= 0.3 is 5.69 Å². The number of aryl methyl sites for hydroxylation is 2. The first-order valence-electron chi connectivity index (χ1n) is 12.4. The summed E-state index contributed by atoms with van der Waals surface area (Å²) in [4.78, 5) is 14.9. The van der Waals surface area contributed by atoms with Crippen LogP contribution in [0.1, 0.15) is 50.3 Å². The van der Waals surface area contributed by atoms with Crippen molar-refractivity contribution in [2.45, 2.75) is 45.8 Å². The predicted octanol–water partition coefficient (Wildman–Crippen LogP) is 4.89. The second-order valence-corrected chi connectivity index (χ2v) is 10.8. The van der Waals surface area contributed by atoms with E-state index in [9.17, 15) is 4.79 Å². The van der Waals surface area contributed by atoms with Crippen LogP contribution in [-0.4, -0.2) is 33.7 Å². The van der Waals surface area contributed by atoms with Gasteiger partial charge in [0, 0.05) is 32.6 Å². The number of fused-ring (bicyclic) bond motifs is 1. The lowest BCUT2D eigenvalue weighted by atomic mass is 9.67. The largest absolute Gasteiger partial charge is 0.373 e. The van der Waals surface area contributed by atoms with Crippen molar-refractivity contribution in [1.82, 2.24) is 14.0 Å². The first kappa shape index (κ1) is 22.4. The summed E-state index contributed by atoms with van der Waals surface area (Å²) in [6, 6.07) is 17.2. The molecular weight excluding hydrogens is 410 g/mol. The number of benzene rings is 2. The Hall–Kier alpha value is -2.37. The number of ether oxygens (including phenoxy) is 1. The molecule has 2 aliphatic rings. The van der Waals surface area contributed by atoms with Crippen molar-refractivity contribution in [3.8, 4) is 0 Å². The second-order valence-electron chi connectivity index (χ2n) is 10.8.